The second-order valence-corrected chi connectivity index (χ2v) is 8.54. The summed E-state index contributed by atoms with van der Waals surface area (Å²) in [5.41, 5.74) is -0.173. The number of rotatable bonds is 5. The van der Waals surface area contributed by atoms with Gasteiger partial charge in [0.25, 0.3) is 5.79 Å². The fourth-order valence-corrected chi connectivity index (χ4v) is 4.24. The number of cyclic esters (lactones) is 2. The van der Waals surface area contributed by atoms with Crippen molar-refractivity contribution in [2.45, 2.75) is 52.4 Å². The van der Waals surface area contributed by atoms with Crippen molar-refractivity contribution in [3.8, 4) is 11.8 Å². The number of likely N-dealkylation sites (tertiary alicyclic amines) is 1. The number of hydrogen-bond donors (Lipinski definition) is 0. The van der Waals surface area contributed by atoms with Crippen molar-refractivity contribution in [1.29, 1.82) is 0 Å². The van der Waals surface area contributed by atoms with Crippen LogP contribution in [-0.4, -0.2) is 47.6 Å². The van der Waals surface area contributed by atoms with Gasteiger partial charge in [-0.2, -0.15) is 0 Å². The van der Waals surface area contributed by atoms with Gasteiger partial charge in [0.1, 0.15) is 6.61 Å². The molecule has 0 atom stereocenters. The van der Waals surface area contributed by atoms with Crippen LogP contribution in [0, 0.1) is 23.2 Å². The third-order valence-corrected chi connectivity index (χ3v) is 5.78. The molecule has 0 N–H and O–H groups in total. The molecule has 2 heterocycles. The van der Waals surface area contributed by atoms with Crippen LogP contribution in [0.3, 0.4) is 0 Å². The van der Waals surface area contributed by atoms with E-state index < -0.39 is 35.2 Å². The summed E-state index contributed by atoms with van der Waals surface area (Å²) in [4.78, 5) is 52.0. The molecular weight excluding hydrogens is 414 g/mol. The van der Waals surface area contributed by atoms with E-state index >= 15 is 0 Å². The molecule has 2 aliphatic heterocycles. The van der Waals surface area contributed by atoms with E-state index in [-0.39, 0.29) is 44.7 Å². The number of benzene rings is 1. The highest BCUT2D eigenvalue weighted by atomic mass is 16.7. The van der Waals surface area contributed by atoms with Crippen LogP contribution in [0.4, 0.5) is 4.79 Å². The van der Waals surface area contributed by atoms with Crippen molar-refractivity contribution in [2.24, 2.45) is 11.3 Å². The monoisotopic (exact) mass is 441 g/mol. The van der Waals surface area contributed by atoms with Crippen LogP contribution >= 0.6 is 0 Å². The summed E-state index contributed by atoms with van der Waals surface area (Å²) < 4.78 is 16.0. The maximum atomic E-state index is 12.8. The van der Waals surface area contributed by atoms with Crippen LogP contribution < -0.4 is 0 Å². The summed E-state index contributed by atoms with van der Waals surface area (Å²) >= 11 is 0. The molecule has 1 aromatic carbocycles. The predicted molar refractivity (Wildman–Crippen MR) is 113 cm³/mol. The van der Waals surface area contributed by atoms with Gasteiger partial charge in [0, 0.05) is 38.8 Å². The van der Waals surface area contributed by atoms with Crippen molar-refractivity contribution in [2.75, 3.05) is 13.1 Å². The Kier molecular flexibility index (Phi) is 6.87. The molecule has 0 aliphatic carbocycles. The largest absolute Gasteiger partial charge is 0.445 e. The Labute approximate surface area is 187 Å². The van der Waals surface area contributed by atoms with Crippen molar-refractivity contribution < 1.29 is 33.4 Å². The first-order chi connectivity index (χ1) is 15.2. The summed E-state index contributed by atoms with van der Waals surface area (Å²) in [5, 5.41) is 0. The zero-order valence-electron chi connectivity index (χ0n) is 18.5. The number of nitrogens with zero attached hydrogens (tertiary/aromatic N) is 1. The Morgan fingerprint density at radius 2 is 1.69 bits per heavy atom. The molecule has 2 fully saturated rings. The Bertz CT molecular complexity index is 930. The quantitative estimate of drug-likeness (QED) is 0.300. The fourth-order valence-electron chi connectivity index (χ4n) is 4.24. The number of hydrogen-bond acceptors (Lipinski definition) is 7. The second kappa shape index (κ2) is 9.43. The number of carbonyl (C=O) groups is 4. The van der Waals surface area contributed by atoms with Gasteiger partial charge in [0.05, 0.1) is 0 Å². The fraction of sp³-hybridized carbons (Fsp3) is 0.500. The number of piperidine rings is 1. The molecule has 1 aromatic rings. The molecule has 0 radical (unpaired) electrons. The lowest BCUT2D eigenvalue weighted by molar-refractivity contribution is -0.247. The van der Waals surface area contributed by atoms with Gasteiger partial charge in [0.2, 0.25) is 5.78 Å². The van der Waals surface area contributed by atoms with Crippen molar-refractivity contribution in [1.82, 2.24) is 4.90 Å². The lowest BCUT2D eigenvalue weighted by Gasteiger charge is -2.46. The van der Waals surface area contributed by atoms with Crippen LogP contribution in [0.2, 0.25) is 0 Å². The van der Waals surface area contributed by atoms with Gasteiger partial charge in [-0.1, -0.05) is 36.3 Å². The maximum Gasteiger partial charge on any atom is 0.410 e. The highest BCUT2D eigenvalue weighted by Gasteiger charge is 2.56. The van der Waals surface area contributed by atoms with Crippen molar-refractivity contribution in [3.05, 3.63) is 35.9 Å². The number of ketones is 1. The molecule has 170 valence electrons. The van der Waals surface area contributed by atoms with E-state index in [9.17, 15) is 19.2 Å². The number of amides is 1. The van der Waals surface area contributed by atoms with Gasteiger partial charge in [-0.05, 0) is 31.2 Å². The summed E-state index contributed by atoms with van der Waals surface area (Å²) in [7, 11) is 0. The minimum atomic E-state index is -1.36. The van der Waals surface area contributed by atoms with Gasteiger partial charge < -0.3 is 19.1 Å². The van der Waals surface area contributed by atoms with Gasteiger partial charge in [-0.25, -0.2) is 4.79 Å². The minimum absolute atomic E-state index is 0.101. The zero-order chi connectivity index (χ0) is 23.4. The lowest BCUT2D eigenvalue weighted by atomic mass is 9.65. The molecule has 8 nitrogen and oxygen atoms in total. The summed E-state index contributed by atoms with van der Waals surface area (Å²) in [6.07, 6.45) is -0.118. The second-order valence-electron chi connectivity index (χ2n) is 8.54. The standard InChI is InChI=1S/C24H27NO7/c1-4-8-18(26)15-24(19-20(27)31-23(2,3)32-21(19)28)11-13-25(14-12-24)22(29)30-16-17-9-6-5-7-10-17/h5-7,9-10,19H,11-16H2,1-3H3. The normalized spacial score (nSPS) is 19.8. The van der Waals surface area contributed by atoms with Crippen LogP contribution in [0.15, 0.2) is 30.3 Å². The highest BCUT2D eigenvalue weighted by Crippen LogP contribution is 2.46. The van der Waals surface area contributed by atoms with E-state index in [0.717, 1.165) is 5.56 Å². The average molecular weight is 441 g/mol. The molecule has 3 rings (SSSR count). The van der Waals surface area contributed by atoms with Gasteiger partial charge in [-0.15, -0.1) is 0 Å². The van der Waals surface area contributed by atoms with E-state index in [1.165, 1.54) is 18.7 Å². The minimum Gasteiger partial charge on any atom is -0.445 e. The smallest absolute Gasteiger partial charge is 0.410 e. The molecule has 0 saturated carbocycles. The van der Waals surface area contributed by atoms with E-state index in [4.69, 9.17) is 14.2 Å². The molecule has 8 heteroatoms. The average Bonchev–Trinajstić information content (AvgIpc) is 2.72. The molecule has 2 aliphatic rings. The Morgan fingerprint density at radius 3 is 2.25 bits per heavy atom. The number of Topliss-reactive ketones (excluding diaryl/α,β-unsaturated/α-hetero) is 1. The van der Waals surface area contributed by atoms with Gasteiger partial charge in [0.15, 0.2) is 5.92 Å². The molecule has 1 amide bonds. The molecule has 32 heavy (non-hydrogen) atoms. The maximum absolute atomic E-state index is 12.8. The van der Waals surface area contributed by atoms with Crippen molar-refractivity contribution in [3.63, 3.8) is 0 Å². The third kappa shape index (κ3) is 5.28. The number of carbonyl (C=O) groups excluding carboxylic acids is 4. The highest BCUT2D eigenvalue weighted by molar-refractivity contribution is 6.00. The van der Waals surface area contributed by atoms with E-state index in [1.807, 2.05) is 30.3 Å². The first-order valence-corrected chi connectivity index (χ1v) is 10.5. The molecule has 0 spiro atoms. The van der Waals surface area contributed by atoms with E-state index in [2.05, 4.69) is 11.8 Å². The summed E-state index contributed by atoms with van der Waals surface area (Å²) in [6, 6.07) is 9.31. The van der Waals surface area contributed by atoms with Crippen LogP contribution in [-0.2, 0) is 35.2 Å². The summed E-state index contributed by atoms with van der Waals surface area (Å²) in [5.74, 6) is 0.608. The third-order valence-electron chi connectivity index (χ3n) is 5.78. The molecular formula is C24H27NO7. The molecule has 2 saturated heterocycles. The SMILES string of the molecule is CC#CC(=O)CC1(C2C(=O)OC(C)(C)OC2=O)CCN(C(=O)OCc2ccccc2)CC1. The Morgan fingerprint density at radius 1 is 1.09 bits per heavy atom. The Hall–Kier alpha value is -3.34. The van der Waals surface area contributed by atoms with Crippen molar-refractivity contribution >= 4 is 23.8 Å². The predicted octanol–water partition coefficient (Wildman–Crippen LogP) is 2.84. The van der Waals surface area contributed by atoms with Crippen LogP contribution in [0.1, 0.15) is 45.6 Å². The molecule has 0 bridgehead atoms. The van der Waals surface area contributed by atoms with Gasteiger partial charge in [-0.3, -0.25) is 14.4 Å². The first-order valence-electron chi connectivity index (χ1n) is 10.5. The van der Waals surface area contributed by atoms with Gasteiger partial charge >= 0.3 is 18.0 Å². The number of ether oxygens (including phenoxy) is 3. The topological polar surface area (TPSA) is 99.2 Å². The molecule has 0 aromatic heterocycles. The Balaban J connectivity index is 1.73. The zero-order valence-corrected chi connectivity index (χ0v) is 18.5. The number of esters is 2. The van der Waals surface area contributed by atoms with E-state index in [1.54, 1.807) is 6.92 Å². The lowest BCUT2D eigenvalue weighted by Crippen LogP contribution is -2.56. The van der Waals surface area contributed by atoms with E-state index in [0.29, 0.717) is 0 Å². The van der Waals surface area contributed by atoms with Crippen LogP contribution in [0.25, 0.3) is 0 Å². The molecule has 0 unspecified atom stereocenters. The first kappa shape index (κ1) is 23.3. The summed E-state index contributed by atoms with van der Waals surface area (Å²) in [6.45, 7) is 5.08. The van der Waals surface area contributed by atoms with Crippen LogP contribution in [0.5, 0.6) is 0 Å².